The number of hydrogen-bond donors (Lipinski definition) is 0. The fraction of sp³-hybridized carbons (Fsp3) is 0.538. The molecule has 2 heterocycles. The van der Waals surface area contributed by atoms with Gasteiger partial charge in [0.1, 0.15) is 4.83 Å². The largest absolute Gasteiger partial charge is 0.477 e. The molecular formula is C13H17ClN2OS. The van der Waals surface area contributed by atoms with Gasteiger partial charge in [-0.1, -0.05) is 32.6 Å². The Hall–Kier alpha value is -0.870. The molecule has 0 amide bonds. The van der Waals surface area contributed by atoms with E-state index in [1.54, 1.807) is 11.3 Å². The lowest BCUT2D eigenvalue weighted by atomic mass is 10.2. The third-order valence-corrected chi connectivity index (χ3v) is 3.73. The predicted molar refractivity (Wildman–Crippen MR) is 76.7 cm³/mol. The number of halogens is 1. The Morgan fingerprint density at radius 1 is 1.22 bits per heavy atom. The van der Waals surface area contributed by atoms with E-state index in [2.05, 4.69) is 16.9 Å². The van der Waals surface area contributed by atoms with Gasteiger partial charge in [0.15, 0.2) is 0 Å². The molecule has 0 fully saturated rings. The number of rotatable bonds is 7. The fourth-order valence-electron chi connectivity index (χ4n) is 1.79. The first kappa shape index (κ1) is 13.6. The minimum Gasteiger partial charge on any atom is -0.477 e. The molecule has 2 aromatic rings. The molecule has 98 valence electrons. The standard InChI is InChI=1S/C13H17ClN2OS/c1-2-3-4-5-6-8-17-11-10-7-9-18-12(10)16-13(14)15-11/h7,9H,2-6,8H2,1H3. The van der Waals surface area contributed by atoms with E-state index in [0.29, 0.717) is 12.5 Å². The lowest BCUT2D eigenvalue weighted by molar-refractivity contribution is 0.297. The van der Waals surface area contributed by atoms with Crippen LogP contribution >= 0.6 is 22.9 Å². The summed E-state index contributed by atoms with van der Waals surface area (Å²) in [6.07, 6.45) is 6.11. The lowest BCUT2D eigenvalue weighted by Gasteiger charge is -2.06. The Labute approximate surface area is 116 Å². The molecule has 0 aliphatic carbocycles. The van der Waals surface area contributed by atoms with Crippen LogP contribution in [0, 0.1) is 0 Å². The molecule has 5 heteroatoms. The quantitative estimate of drug-likeness (QED) is 0.546. The van der Waals surface area contributed by atoms with E-state index in [1.807, 2.05) is 11.4 Å². The second kappa shape index (κ2) is 6.90. The van der Waals surface area contributed by atoms with Gasteiger partial charge in [-0.05, 0) is 29.5 Å². The van der Waals surface area contributed by atoms with E-state index >= 15 is 0 Å². The molecule has 2 rings (SSSR count). The molecule has 0 radical (unpaired) electrons. The van der Waals surface area contributed by atoms with Crippen LogP contribution < -0.4 is 4.74 Å². The van der Waals surface area contributed by atoms with Crippen molar-refractivity contribution in [3.8, 4) is 5.88 Å². The Morgan fingerprint density at radius 3 is 2.89 bits per heavy atom. The number of aromatic nitrogens is 2. The minimum atomic E-state index is 0.255. The lowest BCUT2D eigenvalue weighted by Crippen LogP contribution is -2.00. The van der Waals surface area contributed by atoms with Crippen LogP contribution in [-0.2, 0) is 0 Å². The molecule has 0 bridgehead atoms. The number of unbranched alkanes of at least 4 members (excludes halogenated alkanes) is 4. The number of hydrogen-bond acceptors (Lipinski definition) is 4. The van der Waals surface area contributed by atoms with Gasteiger partial charge in [-0.3, -0.25) is 0 Å². The van der Waals surface area contributed by atoms with E-state index in [1.165, 1.54) is 25.7 Å². The zero-order valence-electron chi connectivity index (χ0n) is 10.5. The summed E-state index contributed by atoms with van der Waals surface area (Å²) >= 11 is 7.42. The molecule has 2 aromatic heterocycles. The first-order valence-electron chi connectivity index (χ1n) is 6.35. The average molecular weight is 285 g/mol. The highest BCUT2D eigenvalue weighted by Gasteiger charge is 2.08. The maximum Gasteiger partial charge on any atom is 0.227 e. The molecule has 0 spiro atoms. The van der Waals surface area contributed by atoms with Crippen LogP contribution in [0.4, 0.5) is 0 Å². The van der Waals surface area contributed by atoms with Crippen molar-refractivity contribution in [2.75, 3.05) is 6.61 Å². The van der Waals surface area contributed by atoms with E-state index in [9.17, 15) is 0 Å². The summed E-state index contributed by atoms with van der Waals surface area (Å²) in [6, 6.07) is 1.97. The van der Waals surface area contributed by atoms with Crippen molar-refractivity contribution in [1.82, 2.24) is 9.97 Å². The van der Waals surface area contributed by atoms with Crippen molar-refractivity contribution in [2.45, 2.75) is 39.0 Å². The van der Waals surface area contributed by atoms with Gasteiger partial charge >= 0.3 is 0 Å². The van der Waals surface area contributed by atoms with Crippen molar-refractivity contribution in [3.05, 3.63) is 16.7 Å². The first-order valence-corrected chi connectivity index (χ1v) is 7.60. The van der Waals surface area contributed by atoms with Crippen molar-refractivity contribution < 1.29 is 4.74 Å². The predicted octanol–water partition coefficient (Wildman–Crippen LogP) is 4.69. The monoisotopic (exact) mass is 284 g/mol. The van der Waals surface area contributed by atoms with Crippen LogP contribution in [0.5, 0.6) is 5.88 Å². The van der Waals surface area contributed by atoms with E-state index in [-0.39, 0.29) is 5.28 Å². The van der Waals surface area contributed by atoms with Gasteiger partial charge in [0.05, 0.1) is 12.0 Å². The molecule has 0 atom stereocenters. The van der Waals surface area contributed by atoms with Crippen LogP contribution in [0.15, 0.2) is 11.4 Å². The van der Waals surface area contributed by atoms with Crippen LogP contribution in [0.3, 0.4) is 0 Å². The zero-order chi connectivity index (χ0) is 12.8. The van der Waals surface area contributed by atoms with Crippen LogP contribution in [-0.4, -0.2) is 16.6 Å². The van der Waals surface area contributed by atoms with E-state index in [4.69, 9.17) is 16.3 Å². The van der Waals surface area contributed by atoms with Crippen molar-refractivity contribution >= 4 is 33.2 Å². The maximum absolute atomic E-state index is 5.87. The number of ether oxygens (including phenoxy) is 1. The maximum atomic E-state index is 5.87. The molecule has 0 unspecified atom stereocenters. The van der Waals surface area contributed by atoms with Gasteiger partial charge in [-0.15, -0.1) is 11.3 Å². The summed E-state index contributed by atoms with van der Waals surface area (Å²) in [6.45, 7) is 2.91. The Bertz CT molecular complexity index is 501. The molecule has 0 saturated carbocycles. The van der Waals surface area contributed by atoms with Gasteiger partial charge in [0.25, 0.3) is 0 Å². The van der Waals surface area contributed by atoms with E-state index < -0.39 is 0 Å². The normalized spacial score (nSPS) is 11.0. The fourth-order valence-corrected chi connectivity index (χ4v) is 2.75. The van der Waals surface area contributed by atoms with Gasteiger partial charge in [0, 0.05) is 0 Å². The molecule has 18 heavy (non-hydrogen) atoms. The summed E-state index contributed by atoms with van der Waals surface area (Å²) in [5, 5.41) is 3.19. The van der Waals surface area contributed by atoms with Crippen LogP contribution in [0.2, 0.25) is 5.28 Å². The second-order valence-electron chi connectivity index (χ2n) is 4.20. The third kappa shape index (κ3) is 3.56. The SMILES string of the molecule is CCCCCCCOc1nc(Cl)nc2sccc12. The Morgan fingerprint density at radius 2 is 2.06 bits per heavy atom. The molecule has 0 aliphatic rings. The van der Waals surface area contributed by atoms with Crippen molar-refractivity contribution in [2.24, 2.45) is 0 Å². The molecular weight excluding hydrogens is 268 g/mol. The van der Waals surface area contributed by atoms with Gasteiger partial charge in [-0.25, -0.2) is 4.98 Å². The van der Waals surface area contributed by atoms with Crippen molar-refractivity contribution in [1.29, 1.82) is 0 Å². The number of nitrogens with zero attached hydrogens (tertiary/aromatic N) is 2. The number of thiophene rings is 1. The summed E-state index contributed by atoms with van der Waals surface area (Å²) in [4.78, 5) is 9.19. The molecule has 0 saturated heterocycles. The van der Waals surface area contributed by atoms with Gasteiger partial charge < -0.3 is 4.74 Å². The highest BCUT2D eigenvalue weighted by atomic mass is 35.5. The molecule has 0 aliphatic heterocycles. The van der Waals surface area contributed by atoms with Crippen LogP contribution in [0.1, 0.15) is 39.0 Å². The number of fused-ring (bicyclic) bond motifs is 1. The molecule has 0 N–H and O–H groups in total. The summed E-state index contributed by atoms with van der Waals surface area (Å²) in [5.41, 5.74) is 0. The molecule has 0 aromatic carbocycles. The first-order chi connectivity index (χ1) is 8.81. The van der Waals surface area contributed by atoms with Gasteiger partial charge in [-0.2, -0.15) is 4.98 Å². The average Bonchev–Trinajstić information content (AvgIpc) is 2.81. The zero-order valence-corrected chi connectivity index (χ0v) is 12.1. The van der Waals surface area contributed by atoms with E-state index in [0.717, 1.165) is 16.6 Å². The summed E-state index contributed by atoms with van der Waals surface area (Å²) in [7, 11) is 0. The highest BCUT2D eigenvalue weighted by Crippen LogP contribution is 2.28. The minimum absolute atomic E-state index is 0.255. The smallest absolute Gasteiger partial charge is 0.227 e. The highest BCUT2D eigenvalue weighted by molar-refractivity contribution is 7.16. The Balaban J connectivity index is 1.89. The summed E-state index contributed by atoms with van der Waals surface area (Å²) in [5.74, 6) is 0.613. The molecule has 3 nitrogen and oxygen atoms in total. The second-order valence-corrected chi connectivity index (χ2v) is 5.43. The summed E-state index contributed by atoms with van der Waals surface area (Å²) < 4.78 is 5.71. The van der Waals surface area contributed by atoms with Crippen molar-refractivity contribution in [3.63, 3.8) is 0 Å². The topological polar surface area (TPSA) is 35.0 Å². The Kier molecular flexibility index (Phi) is 5.20. The third-order valence-electron chi connectivity index (χ3n) is 2.75. The van der Waals surface area contributed by atoms with Gasteiger partial charge in [0.2, 0.25) is 11.2 Å². The van der Waals surface area contributed by atoms with Crippen LogP contribution in [0.25, 0.3) is 10.2 Å².